The molecule has 0 aliphatic carbocycles. The topological polar surface area (TPSA) is 53.1 Å². The van der Waals surface area contributed by atoms with Crippen molar-refractivity contribution in [2.75, 3.05) is 23.1 Å². The second-order valence-corrected chi connectivity index (χ2v) is 8.43. The van der Waals surface area contributed by atoms with Crippen molar-refractivity contribution >= 4 is 23.5 Å². The Morgan fingerprint density at radius 1 is 1.03 bits per heavy atom. The van der Waals surface area contributed by atoms with Crippen LogP contribution in [0.15, 0.2) is 59.6 Å². The van der Waals surface area contributed by atoms with Gasteiger partial charge in [-0.25, -0.2) is 14.4 Å². The summed E-state index contributed by atoms with van der Waals surface area (Å²) in [6.07, 6.45) is 1.99. The molecule has 4 rings (SSSR count). The molecule has 162 valence electrons. The molecule has 0 atom stereocenters. The maximum Gasteiger partial charge on any atom is 0.214 e. The zero-order valence-electron chi connectivity index (χ0n) is 17.3. The van der Waals surface area contributed by atoms with Crippen molar-refractivity contribution < 1.29 is 8.78 Å². The number of anilines is 2. The largest absolute Gasteiger partial charge is 0.381 e. The fourth-order valence-electron chi connectivity index (χ4n) is 3.64. The highest BCUT2D eigenvalue weighted by Gasteiger charge is 2.20. The lowest BCUT2D eigenvalue weighted by atomic mass is 10.0. The minimum atomic E-state index is -0.593. The number of benzene rings is 1. The molecule has 1 aliphatic rings. The fraction of sp³-hybridized carbons (Fsp3) is 0.304. The number of piperidine rings is 1. The van der Waals surface area contributed by atoms with Gasteiger partial charge in [0.25, 0.3) is 0 Å². The van der Waals surface area contributed by atoms with Gasteiger partial charge in [0.05, 0.1) is 11.4 Å². The molecule has 1 saturated heterocycles. The van der Waals surface area contributed by atoms with E-state index >= 15 is 0 Å². The summed E-state index contributed by atoms with van der Waals surface area (Å²) in [6, 6.07) is 16.7. The second-order valence-electron chi connectivity index (χ2n) is 7.64. The van der Waals surface area contributed by atoms with Crippen molar-refractivity contribution in [3.05, 3.63) is 77.6 Å². The first-order chi connectivity index (χ1) is 15.1. The van der Waals surface area contributed by atoms with E-state index < -0.39 is 11.8 Å². The molecule has 5 nitrogen and oxygen atoms in total. The monoisotopic (exact) mass is 441 g/mol. The van der Waals surface area contributed by atoms with Gasteiger partial charge in [0.1, 0.15) is 5.82 Å². The molecule has 31 heavy (non-hydrogen) atoms. The number of aromatic nitrogens is 2. The summed E-state index contributed by atoms with van der Waals surface area (Å²) >= 11 is 0.979. The van der Waals surface area contributed by atoms with Crippen LogP contribution in [-0.2, 0) is 6.54 Å². The highest BCUT2D eigenvalue weighted by molar-refractivity contribution is 8.00. The van der Waals surface area contributed by atoms with Crippen molar-refractivity contribution in [2.45, 2.75) is 37.4 Å². The molecule has 0 spiro atoms. The van der Waals surface area contributed by atoms with E-state index in [2.05, 4.69) is 49.2 Å². The Bertz CT molecular complexity index is 1010. The van der Waals surface area contributed by atoms with Crippen LogP contribution in [0.4, 0.5) is 20.3 Å². The summed E-state index contributed by atoms with van der Waals surface area (Å²) in [6.45, 7) is 4.82. The number of nitrogens with zero attached hydrogens (tertiary/aromatic N) is 3. The lowest BCUT2D eigenvalue weighted by Gasteiger charge is -2.33. The summed E-state index contributed by atoms with van der Waals surface area (Å²) in [5.74, 6) is -0.707. The zero-order chi connectivity index (χ0) is 21.6. The van der Waals surface area contributed by atoms with Crippen molar-refractivity contribution in [2.24, 2.45) is 0 Å². The minimum absolute atomic E-state index is 0.201. The normalized spacial score (nSPS) is 15.1. The van der Waals surface area contributed by atoms with Crippen LogP contribution in [0.25, 0.3) is 0 Å². The van der Waals surface area contributed by atoms with Gasteiger partial charge < -0.3 is 10.0 Å². The summed E-state index contributed by atoms with van der Waals surface area (Å²) in [5, 5.41) is 3.66. The summed E-state index contributed by atoms with van der Waals surface area (Å²) in [7, 11) is 0. The molecule has 3 heterocycles. The Morgan fingerprint density at radius 3 is 2.55 bits per heavy atom. The van der Waals surface area contributed by atoms with E-state index in [9.17, 15) is 8.78 Å². The van der Waals surface area contributed by atoms with Crippen molar-refractivity contribution in [3.8, 4) is 0 Å². The Kier molecular flexibility index (Phi) is 6.99. The number of likely N-dealkylation sites (tertiary alicyclic amines) is 1. The minimum Gasteiger partial charge on any atom is -0.381 e. The van der Waals surface area contributed by atoms with Gasteiger partial charge >= 0.3 is 0 Å². The molecule has 0 saturated carbocycles. The Balaban J connectivity index is 1.31. The third kappa shape index (κ3) is 5.92. The van der Waals surface area contributed by atoms with Crippen molar-refractivity contribution in [1.29, 1.82) is 0 Å². The first-order valence-electron chi connectivity index (χ1n) is 10.3. The maximum atomic E-state index is 14.6. The highest BCUT2D eigenvalue weighted by atomic mass is 32.2. The molecule has 0 radical (unpaired) electrons. The first-order valence-corrected chi connectivity index (χ1v) is 11.1. The third-order valence-electron chi connectivity index (χ3n) is 5.30. The molecule has 3 aromatic rings. The van der Waals surface area contributed by atoms with Gasteiger partial charge in [-0.2, -0.15) is 4.39 Å². The molecule has 1 aromatic carbocycles. The maximum absolute atomic E-state index is 14.6. The van der Waals surface area contributed by atoms with Gasteiger partial charge in [-0.1, -0.05) is 36.4 Å². The van der Waals surface area contributed by atoms with E-state index in [4.69, 9.17) is 0 Å². The van der Waals surface area contributed by atoms with Crippen LogP contribution in [0, 0.1) is 18.7 Å². The van der Waals surface area contributed by atoms with Crippen LogP contribution in [0.3, 0.4) is 0 Å². The molecular weight excluding hydrogens is 416 g/mol. The molecule has 0 unspecified atom stereocenters. The van der Waals surface area contributed by atoms with Gasteiger partial charge in [-0.3, -0.25) is 4.90 Å². The van der Waals surface area contributed by atoms with E-state index in [0.29, 0.717) is 17.5 Å². The highest BCUT2D eigenvalue weighted by Crippen LogP contribution is 2.27. The van der Waals surface area contributed by atoms with Crippen LogP contribution in [0.1, 0.15) is 24.1 Å². The first kappa shape index (κ1) is 21.5. The number of hydrogen-bond acceptors (Lipinski definition) is 6. The van der Waals surface area contributed by atoms with Gasteiger partial charge in [-0.15, -0.1) is 0 Å². The molecule has 2 aromatic heterocycles. The van der Waals surface area contributed by atoms with Crippen LogP contribution in [-0.4, -0.2) is 34.0 Å². The van der Waals surface area contributed by atoms with Crippen molar-refractivity contribution in [1.82, 2.24) is 14.9 Å². The number of halogens is 2. The predicted octanol–water partition coefficient (Wildman–Crippen LogP) is 5.26. The Hall–Kier alpha value is -2.71. The van der Waals surface area contributed by atoms with Gasteiger partial charge in [0, 0.05) is 43.7 Å². The summed E-state index contributed by atoms with van der Waals surface area (Å²) < 4.78 is 30.6. The number of pyridine rings is 2. The quantitative estimate of drug-likeness (QED) is 0.385. The number of aryl methyl sites for hydroxylation is 1. The lowest BCUT2D eigenvalue weighted by molar-refractivity contribution is 0.211. The second kappa shape index (κ2) is 10.1. The number of hydrogen-bond donors (Lipinski definition) is 2. The van der Waals surface area contributed by atoms with E-state index in [-0.39, 0.29) is 5.03 Å². The van der Waals surface area contributed by atoms with E-state index in [1.807, 2.05) is 13.0 Å². The number of rotatable bonds is 7. The summed E-state index contributed by atoms with van der Waals surface area (Å²) in [5.41, 5.74) is 2.77. The molecule has 0 amide bonds. The van der Waals surface area contributed by atoms with Gasteiger partial charge in [-0.05, 0) is 37.5 Å². The Labute approximate surface area is 185 Å². The number of nitrogens with one attached hydrogen (secondary N) is 2. The molecule has 1 aliphatic heterocycles. The van der Waals surface area contributed by atoms with Crippen molar-refractivity contribution in [3.63, 3.8) is 0 Å². The van der Waals surface area contributed by atoms with Gasteiger partial charge in [0.2, 0.25) is 5.95 Å². The molecular formula is C23H25F2N5S. The third-order valence-corrected chi connectivity index (χ3v) is 6.09. The SMILES string of the molecule is Cc1nc(SNc2cccc(F)n2)c(F)cc1NC1CCN(Cc2ccccc2)CC1. The molecule has 0 bridgehead atoms. The Morgan fingerprint density at radius 2 is 1.81 bits per heavy atom. The standard InChI is InChI=1S/C23H25F2N5S/c1-16-20(14-19(24)23(26-16)31-29-22-9-5-8-21(25)28-22)27-18-10-12-30(13-11-18)15-17-6-3-2-4-7-17/h2-9,14,18,27H,10-13,15H2,1H3,(H,28,29). The lowest BCUT2D eigenvalue weighted by Crippen LogP contribution is -2.38. The summed E-state index contributed by atoms with van der Waals surface area (Å²) in [4.78, 5) is 10.5. The average Bonchev–Trinajstić information content (AvgIpc) is 2.77. The smallest absolute Gasteiger partial charge is 0.214 e. The van der Waals surface area contributed by atoms with E-state index in [1.165, 1.54) is 17.7 Å². The van der Waals surface area contributed by atoms with E-state index in [0.717, 1.165) is 50.1 Å². The molecule has 2 N–H and O–H groups in total. The van der Waals surface area contributed by atoms with Crippen LogP contribution in [0.5, 0.6) is 0 Å². The molecule has 8 heteroatoms. The van der Waals surface area contributed by atoms with Crippen LogP contribution >= 0.6 is 11.9 Å². The predicted molar refractivity (Wildman–Crippen MR) is 121 cm³/mol. The van der Waals surface area contributed by atoms with E-state index in [1.54, 1.807) is 12.1 Å². The zero-order valence-corrected chi connectivity index (χ0v) is 18.1. The van der Waals surface area contributed by atoms with Crippen LogP contribution in [0.2, 0.25) is 0 Å². The van der Waals surface area contributed by atoms with Crippen LogP contribution < -0.4 is 10.0 Å². The average molecular weight is 442 g/mol. The fourth-order valence-corrected chi connectivity index (χ4v) is 4.29. The van der Waals surface area contributed by atoms with Gasteiger partial charge in [0.15, 0.2) is 10.8 Å². The molecule has 1 fully saturated rings.